The van der Waals surface area contributed by atoms with Crippen molar-refractivity contribution in [1.29, 1.82) is 0 Å². The van der Waals surface area contributed by atoms with Gasteiger partial charge >= 0.3 is 0 Å². The highest BCUT2D eigenvalue weighted by molar-refractivity contribution is 7.13. The molecule has 2 amide bonds. The minimum atomic E-state index is -0.270. The standard InChI is InChI=1S/C22H24N4O2S/c1-15-10-12-18(13-11-15)24-21(28)22-26-25-20(29-22)9-5-8-19(27)23-14-17-7-4-3-6-16(17)2/h3-4,6-7,10-13H,5,8-9,14H2,1-2H3,(H,23,27)(H,24,28). The van der Waals surface area contributed by atoms with Crippen molar-refractivity contribution in [3.63, 3.8) is 0 Å². The second kappa shape index (κ2) is 9.93. The number of nitrogens with zero attached hydrogens (tertiary/aromatic N) is 2. The van der Waals surface area contributed by atoms with E-state index in [4.69, 9.17) is 0 Å². The number of aromatic nitrogens is 2. The fraction of sp³-hybridized carbons (Fsp3) is 0.273. The quantitative estimate of drug-likeness (QED) is 0.589. The van der Waals surface area contributed by atoms with E-state index in [2.05, 4.69) is 20.8 Å². The van der Waals surface area contributed by atoms with Crippen molar-refractivity contribution < 1.29 is 9.59 Å². The van der Waals surface area contributed by atoms with Crippen LogP contribution in [0.2, 0.25) is 0 Å². The van der Waals surface area contributed by atoms with Gasteiger partial charge in [-0.2, -0.15) is 0 Å². The molecule has 0 spiro atoms. The second-order valence-corrected chi connectivity index (χ2v) is 7.94. The highest BCUT2D eigenvalue weighted by Gasteiger charge is 2.13. The zero-order valence-electron chi connectivity index (χ0n) is 16.6. The molecular formula is C22H24N4O2S. The molecule has 3 rings (SSSR count). The van der Waals surface area contributed by atoms with Crippen molar-refractivity contribution in [2.24, 2.45) is 0 Å². The van der Waals surface area contributed by atoms with Gasteiger partial charge in [-0.25, -0.2) is 0 Å². The molecule has 0 saturated heterocycles. The zero-order chi connectivity index (χ0) is 20.6. The minimum Gasteiger partial charge on any atom is -0.352 e. The highest BCUT2D eigenvalue weighted by Crippen LogP contribution is 2.16. The molecule has 7 heteroatoms. The summed E-state index contributed by atoms with van der Waals surface area (Å²) in [6.45, 7) is 4.56. The van der Waals surface area contributed by atoms with Crippen LogP contribution in [0.1, 0.15) is 44.3 Å². The van der Waals surface area contributed by atoms with E-state index in [0.29, 0.717) is 30.8 Å². The van der Waals surface area contributed by atoms with E-state index < -0.39 is 0 Å². The number of aryl methyl sites for hydroxylation is 3. The summed E-state index contributed by atoms with van der Waals surface area (Å²) in [7, 11) is 0. The van der Waals surface area contributed by atoms with Gasteiger partial charge in [-0.05, 0) is 43.5 Å². The molecule has 0 aliphatic rings. The van der Waals surface area contributed by atoms with Crippen molar-refractivity contribution in [2.45, 2.75) is 39.7 Å². The maximum Gasteiger partial charge on any atom is 0.286 e. The number of carbonyl (C=O) groups is 2. The van der Waals surface area contributed by atoms with Crippen LogP contribution in [0.3, 0.4) is 0 Å². The number of rotatable bonds is 8. The van der Waals surface area contributed by atoms with E-state index >= 15 is 0 Å². The monoisotopic (exact) mass is 408 g/mol. The van der Waals surface area contributed by atoms with Crippen molar-refractivity contribution in [3.05, 3.63) is 75.2 Å². The zero-order valence-corrected chi connectivity index (χ0v) is 17.4. The Bertz CT molecular complexity index is 982. The topological polar surface area (TPSA) is 84.0 Å². The van der Waals surface area contributed by atoms with Crippen LogP contribution >= 0.6 is 11.3 Å². The lowest BCUT2D eigenvalue weighted by Gasteiger charge is -2.07. The summed E-state index contributed by atoms with van der Waals surface area (Å²) in [5, 5.41) is 14.9. The highest BCUT2D eigenvalue weighted by atomic mass is 32.1. The second-order valence-electron chi connectivity index (χ2n) is 6.88. The van der Waals surface area contributed by atoms with E-state index in [1.807, 2.05) is 62.4 Å². The normalized spacial score (nSPS) is 10.6. The average Bonchev–Trinajstić information content (AvgIpc) is 3.18. The Hall–Kier alpha value is -3.06. The maximum absolute atomic E-state index is 12.3. The van der Waals surface area contributed by atoms with Gasteiger partial charge in [0.15, 0.2) is 0 Å². The predicted molar refractivity (Wildman–Crippen MR) is 115 cm³/mol. The van der Waals surface area contributed by atoms with Gasteiger partial charge in [0.2, 0.25) is 10.9 Å². The Morgan fingerprint density at radius 2 is 1.76 bits per heavy atom. The largest absolute Gasteiger partial charge is 0.352 e. The first kappa shape index (κ1) is 20.7. The van der Waals surface area contributed by atoms with E-state index in [-0.39, 0.29) is 11.8 Å². The molecule has 6 nitrogen and oxygen atoms in total. The molecule has 0 bridgehead atoms. The van der Waals surface area contributed by atoms with Gasteiger partial charge in [-0.15, -0.1) is 10.2 Å². The van der Waals surface area contributed by atoms with Crippen LogP contribution in [0.25, 0.3) is 0 Å². The van der Waals surface area contributed by atoms with Gasteiger partial charge < -0.3 is 10.6 Å². The summed E-state index contributed by atoms with van der Waals surface area (Å²) in [6.07, 6.45) is 1.69. The number of benzene rings is 2. The van der Waals surface area contributed by atoms with Crippen molar-refractivity contribution in [1.82, 2.24) is 15.5 Å². The molecule has 150 valence electrons. The minimum absolute atomic E-state index is 0.00936. The summed E-state index contributed by atoms with van der Waals surface area (Å²) in [6, 6.07) is 15.6. The molecule has 0 fully saturated rings. The van der Waals surface area contributed by atoms with Crippen LogP contribution < -0.4 is 10.6 Å². The molecule has 0 radical (unpaired) electrons. The Labute approximate surface area is 174 Å². The lowest BCUT2D eigenvalue weighted by atomic mass is 10.1. The molecule has 1 heterocycles. The van der Waals surface area contributed by atoms with Crippen LogP contribution in [0.4, 0.5) is 5.69 Å². The van der Waals surface area contributed by atoms with Crippen LogP contribution in [-0.2, 0) is 17.8 Å². The summed E-state index contributed by atoms with van der Waals surface area (Å²) in [5.41, 5.74) is 4.14. The molecule has 2 N–H and O–H groups in total. The number of hydrogen-bond donors (Lipinski definition) is 2. The molecule has 0 aliphatic heterocycles. The number of nitrogens with one attached hydrogen (secondary N) is 2. The number of hydrogen-bond acceptors (Lipinski definition) is 5. The van der Waals surface area contributed by atoms with Gasteiger partial charge in [-0.3, -0.25) is 9.59 Å². The average molecular weight is 409 g/mol. The molecule has 29 heavy (non-hydrogen) atoms. The SMILES string of the molecule is Cc1ccc(NC(=O)c2nnc(CCCC(=O)NCc3ccccc3C)s2)cc1. The molecule has 0 unspecified atom stereocenters. The van der Waals surface area contributed by atoms with Gasteiger partial charge in [0.05, 0.1) is 0 Å². The van der Waals surface area contributed by atoms with Crippen LogP contribution in [0, 0.1) is 13.8 Å². The summed E-state index contributed by atoms with van der Waals surface area (Å²) < 4.78 is 0. The number of anilines is 1. The van der Waals surface area contributed by atoms with Crippen molar-refractivity contribution in [2.75, 3.05) is 5.32 Å². The Morgan fingerprint density at radius 1 is 1.00 bits per heavy atom. The lowest BCUT2D eigenvalue weighted by Crippen LogP contribution is -2.22. The van der Waals surface area contributed by atoms with Gasteiger partial charge in [0, 0.05) is 25.1 Å². The third-order valence-corrected chi connectivity index (χ3v) is 5.48. The van der Waals surface area contributed by atoms with Crippen LogP contribution in [0.5, 0.6) is 0 Å². The molecule has 0 aliphatic carbocycles. The maximum atomic E-state index is 12.3. The van der Waals surface area contributed by atoms with Gasteiger partial charge in [0.1, 0.15) is 5.01 Å². The van der Waals surface area contributed by atoms with Gasteiger partial charge in [0.25, 0.3) is 5.91 Å². The van der Waals surface area contributed by atoms with Crippen molar-refractivity contribution >= 4 is 28.8 Å². The van der Waals surface area contributed by atoms with Crippen LogP contribution in [-0.4, -0.2) is 22.0 Å². The molecule has 0 saturated carbocycles. The summed E-state index contributed by atoms with van der Waals surface area (Å²) >= 11 is 1.26. The molecular weight excluding hydrogens is 384 g/mol. The molecule has 0 atom stereocenters. The Balaban J connectivity index is 1.41. The summed E-state index contributed by atoms with van der Waals surface area (Å²) in [4.78, 5) is 24.3. The fourth-order valence-electron chi connectivity index (χ4n) is 2.76. The third-order valence-electron chi connectivity index (χ3n) is 4.50. The first-order valence-corrected chi connectivity index (χ1v) is 10.3. The number of amides is 2. The smallest absolute Gasteiger partial charge is 0.286 e. The molecule has 2 aromatic carbocycles. The molecule has 1 aromatic heterocycles. The van der Waals surface area contributed by atoms with E-state index in [9.17, 15) is 9.59 Å². The van der Waals surface area contributed by atoms with Crippen LogP contribution in [0.15, 0.2) is 48.5 Å². The fourth-order valence-corrected chi connectivity index (χ4v) is 3.54. The third kappa shape index (κ3) is 6.22. The van der Waals surface area contributed by atoms with E-state index in [0.717, 1.165) is 27.4 Å². The first-order chi connectivity index (χ1) is 14.0. The van der Waals surface area contributed by atoms with E-state index in [1.54, 1.807) is 0 Å². The Kier molecular flexibility index (Phi) is 7.08. The van der Waals surface area contributed by atoms with Gasteiger partial charge in [-0.1, -0.05) is 53.3 Å². The molecule has 3 aromatic rings. The lowest BCUT2D eigenvalue weighted by molar-refractivity contribution is -0.121. The Morgan fingerprint density at radius 3 is 2.52 bits per heavy atom. The summed E-state index contributed by atoms with van der Waals surface area (Å²) in [5.74, 6) is -0.260. The predicted octanol–water partition coefficient (Wildman–Crippen LogP) is 4.05. The number of carbonyl (C=O) groups excluding carboxylic acids is 2. The van der Waals surface area contributed by atoms with E-state index in [1.165, 1.54) is 11.3 Å². The first-order valence-electron chi connectivity index (χ1n) is 9.53. The van der Waals surface area contributed by atoms with Crippen molar-refractivity contribution in [3.8, 4) is 0 Å².